The van der Waals surface area contributed by atoms with Crippen molar-refractivity contribution in [3.05, 3.63) is 229 Å². The summed E-state index contributed by atoms with van der Waals surface area (Å²) in [6.07, 6.45) is 4.03. The Hall–Kier alpha value is -7.76. The third-order valence-electron chi connectivity index (χ3n) is 10.6. The Morgan fingerprint density at radius 2 is 1.00 bits per heavy atom. The number of aliphatic imine (C=N–C) groups is 1. The number of rotatable bonds is 8. The molecule has 0 bridgehead atoms. The first-order valence-corrected chi connectivity index (χ1v) is 19.5. The summed E-state index contributed by atoms with van der Waals surface area (Å²) < 4.78 is 0. The van der Waals surface area contributed by atoms with Crippen LogP contribution in [0.1, 0.15) is 22.7 Å². The molecule has 1 aliphatic heterocycles. The van der Waals surface area contributed by atoms with Gasteiger partial charge in [0.15, 0.2) is 5.82 Å². The van der Waals surface area contributed by atoms with Gasteiger partial charge in [-0.15, -0.1) is 0 Å². The third kappa shape index (κ3) is 7.09. The van der Waals surface area contributed by atoms with Crippen LogP contribution in [-0.2, 0) is 0 Å². The molecule has 0 amide bonds. The van der Waals surface area contributed by atoms with Crippen molar-refractivity contribution in [3.8, 4) is 56.2 Å². The number of hydrogen-bond donors (Lipinski definition) is 1. The predicted molar refractivity (Wildman–Crippen MR) is 238 cm³/mol. The molecule has 0 saturated heterocycles. The minimum atomic E-state index is -0.0196. The zero-order valence-corrected chi connectivity index (χ0v) is 31.6. The summed E-state index contributed by atoms with van der Waals surface area (Å²) in [5, 5.41) is 4.71. The number of nitrogens with zero attached hydrogens (tertiary/aromatic N) is 4. The fourth-order valence-electron chi connectivity index (χ4n) is 7.60. The van der Waals surface area contributed by atoms with Crippen LogP contribution in [0.2, 0.25) is 0 Å². The van der Waals surface area contributed by atoms with E-state index in [9.17, 15) is 0 Å². The number of amidine groups is 1. The van der Waals surface area contributed by atoms with Crippen molar-refractivity contribution < 1.29 is 0 Å². The van der Waals surface area contributed by atoms with Gasteiger partial charge in [0, 0.05) is 33.8 Å². The molecule has 7 aromatic carbocycles. The molecule has 5 nitrogen and oxygen atoms in total. The molecule has 1 N–H and O–H groups in total. The van der Waals surface area contributed by atoms with E-state index >= 15 is 0 Å². The highest BCUT2D eigenvalue weighted by Crippen LogP contribution is 2.36. The molecule has 58 heavy (non-hydrogen) atoms. The van der Waals surface area contributed by atoms with Gasteiger partial charge in [0.25, 0.3) is 0 Å². The molecule has 2 aromatic heterocycles. The first kappa shape index (κ1) is 34.7. The van der Waals surface area contributed by atoms with E-state index in [-0.39, 0.29) is 6.04 Å². The van der Waals surface area contributed by atoms with Gasteiger partial charge in [0.05, 0.1) is 28.6 Å². The lowest BCUT2D eigenvalue weighted by molar-refractivity contribution is 0.781. The lowest BCUT2D eigenvalue weighted by atomic mass is 9.96. The molecule has 9 aromatic rings. The minimum absolute atomic E-state index is 0.0196. The topological polar surface area (TPSA) is 63.1 Å². The van der Waals surface area contributed by atoms with Crippen molar-refractivity contribution >= 4 is 22.4 Å². The van der Waals surface area contributed by atoms with Crippen molar-refractivity contribution in [1.29, 1.82) is 0 Å². The fraction of sp³-hybridized carbons (Fsp3) is 0.0189. The van der Waals surface area contributed by atoms with Gasteiger partial charge in [-0.1, -0.05) is 158 Å². The molecule has 1 aliphatic rings. The second-order valence-corrected chi connectivity index (χ2v) is 14.4. The molecular weight excluding hydrogens is 707 g/mol. The summed E-state index contributed by atoms with van der Waals surface area (Å²) in [5.74, 6) is 1.49. The van der Waals surface area contributed by atoms with Crippen molar-refractivity contribution in [2.24, 2.45) is 4.99 Å². The third-order valence-corrected chi connectivity index (χ3v) is 10.6. The number of fused-ring (bicyclic) bond motifs is 1. The first-order chi connectivity index (χ1) is 28.7. The molecule has 0 aliphatic carbocycles. The fourth-order valence-corrected chi connectivity index (χ4v) is 7.60. The summed E-state index contributed by atoms with van der Waals surface area (Å²) in [4.78, 5) is 20.4. The molecule has 3 heterocycles. The summed E-state index contributed by atoms with van der Waals surface area (Å²) in [5.41, 5.74) is 14.2. The maximum Gasteiger partial charge on any atom is 0.160 e. The van der Waals surface area contributed by atoms with Crippen LogP contribution in [0.15, 0.2) is 217 Å². The molecule has 1 unspecified atom stereocenters. The summed E-state index contributed by atoms with van der Waals surface area (Å²) >= 11 is 0. The maximum absolute atomic E-state index is 5.32. The highest BCUT2D eigenvalue weighted by molar-refractivity contribution is 6.04. The average Bonchev–Trinajstić information content (AvgIpc) is 3.32. The van der Waals surface area contributed by atoms with Gasteiger partial charge in [0.2, 0.25) is 0 Å². The summed E-state index contributed by atoms with van der Waals surface area (Å²) in [6.45, 7) is 0. The van der Waals surface area contributed by atoms with Crippen LogP contribution in [-0.4, -0.2) is 20.8 Å². The Kier molecular flexibility index (Phi) is 9.22. The van der Waals surface area contributed by atoms with E-state index in [0.717, 1.165) is 83.9 Å². The average molecular weight is 744 g/mol. The van der Waals surface area contributed by atoms with E-state index in [0.29, 0.717) is 5.82 Å². The Morgan fingerprint density at radius 1 is 0.414 bits per heavy atom. The summed E-state index contributed by atoms with van der Waals surface area (Å²) in [7, 11) is 0. The molecule has 5 heteroatoms. The van der Waals surface area contributed by atoms with E-state index in [1.165, 1.54) is 5.56 Å². The van der Waals surface area contributed by atoms with E-state index in [4.69, 9.17) is 19.9 Å². The zero-order chi connectivity index (χ0) is 38.7. The smallest absolute Gasteiger partial charge is 0.160 e. The normalized spacial score (nSPS) is 13.7. The van der Waals surface area contributed by atoms with Crippen LogP contribution in [0, 0.1) is 0 Å². The van der Waals surface area contributed by atoms with Crippen LogP contribution >= 0.6 is 0 Å². The Morgan fingerprint density at radius 3 is 1.71 bits per heavy atom. The van der Waals surface area contributed by atoms with Gasteiger partial charge in [0.1, 0.15) is 5.84 Å². The summed E-state index contributed by atoms with van der Waals surface area (Å²) in [6, 6.07) is 69.3. The molecule has 274 valence electrons. The van der Waals surface area contributed by atoms with Gasteiger partial charge in [-0.2, -0.15) is 0 Å². The lowest BCUT2D eigenvalue weighted by Gasteiger charge is -2.24. The van der Waals surface area contributed by atoms with Crippen LogP contribution in [0.25, 0.3) is 72.8 Å². The van der Waals surface area contributed by atoms with Gasteiger partial charge in [-0.3, -0.25) is 4.98 Å². The monoisotopic (exact) mass is 743 g/mol. The van der Waals surface area contributed by atoms with Crippen molar-refractivity contribution in [2.45, 2.75) is 6.04 Å². The zero-order valence-electron chi connectivity index (χ0n) is 31.6. The molecule has 1 atom stereocenters. The Labute approximate surface area is 337 Å². The molecule has 10 rings (SSSR count). The van der Waals surface area contributed by atoms with Crippen LogP contribution in [0.4, 0.5) is 0 Å². The highest BCUT2D eigenvalue weighted by Gasteiger charge is 2.20. The molecule has 0 radical (unpaired) electrons. The number of hydrogen-bond acceptors (Lipinski definition) is 5. The number of nitrogens with one attached hydrogen (secondary N) is 1. The van der Waals surface area contributed by atoms with E-state index in [1.807, 2.05) is 48.7 Å². The molecule has 0 fully saturated rings. The second-order valence-electron chi connectivity index (χ2n) is 14.4. The van der Waals surface area contributed by atoms with E-state index < -0.39 is 0 Å². The van der Waals surface area contributed by atoms with Crippen molar-refractivity contribution in [1.82, 2.24) is 20.3 Å². The lowest BCUT2D eigenvalue weighted by Crippen LogP contribution is -2.31. The number of benzene rings is 7. The van der Waals surface area contributed by atoms with Crippen LogP contribution in [0.3, 0.4) is 0 Å². The van der Waals surface area contributed by atoms with Crippen molar-refractivity contribution in [2.75, 3.05) is 0 Å². The van der Waals surface area contributed by atoms with Gasteiger partial charge < -0.3 is 5.32 Å². The van der Waals surface area contributed by atoms with Gasteiger partial charge in [-0.05, 0) is 81.9 Å². The Balaban J connectivity index is 1.07. The van der Waals surface area contributed by atoms with Crippen LogP contribution < -0.4 is 5.32 Å². The maximum atomic E-state index is 5.32. The number of pyridine rings is 1. The quantitative estimate of drug-likeness (QED) is 0.168. The Bertz CT molecular complexity index is 2930. The van der Waals surface area contributed by atoms with E-state index in [1.54, 1.807) is 0 Å². The molecule has 0 spiro atoms. The predicted octanol–water partition coefficient (Wildman–Crippen LogP) is 12.5. The van der Waals surface area contributed by atoms with Crippen molar-refractivity contribution in [3.63, 3.8) is 0 Å². The van der Waals surface area contributed by atoms with Gasteiger partial charge in [-0.25, -0.2) is 15.0 Å². The SMILES string of the molecule is C1=C(c2ccccc2)N=C(c2ccc(-c3cc(-c4ccccn4)cc(-c4nc(-c5ccccc5)c5cc(-c6ccccc6)ccc5n4)c3)cc2)NC1c1ccccc1. The molecular formula is C53H37N5. The number of aromatic nitrogens is 3. The van der Waals surface area contributed by atoms with Gasteiger partial charge >= 0.3 is 0 Å². The largest absolute Gasteiger partial charge is 0.359 e. The van der Waals surface area contributed by atoms with Crippen LogP contribution in [0.5, 0.6) is 0 Å². The standard InChI is InChI=1S/C53H37N5/c1-5-15-36(16-6-1)42-28-29-48-46(34-42)51(40-21-11-4-12-22-40)58-53(55-48)45-32-43(31-44(33-45)47-23-13-14-30-54-47)37-24-26-41(27-25-37)52-56-49(38-17-7-2-8-18-38)35-50(57-52)39-19-9-3-10-20-39/h1-35,49H,(H,56,57). The highest BCUT2D eigenvalue weighted by atomic mass is 15.0. The first-order valence-electron chi connectivity index (χ1n) is 19.5. The van der Waals surface area contributed by atoms with E-state index in [2.05, 4.69) is 169 Å². The molecule has 0 saturated carbocycles. The second kappa shape index (κ2) is 15.4. The minimum Gasteiger partial charge on any atom is -0.359 e.